The fourth-order valence-corrected chi connectivity index (χ4v) is 6.60. The lowest BCUT2D eigenvalue weighted by atomic mass is 9.92. The highest BCUT2D eigenvalue weighted by Crippen LogP contribution is 2.29. The van der Waals surface area contributed by atoms with Crippen LogP contribution >= 0.6 is 35.1 Å². The number of piperidine rings is 1. The van der Waals surface area contributed by atoms with Crippen LogP contribution < -0.4 is 10.1 Å². The van der Waals surface area contributed by atoms with Crippen molar-refractivity contribution in [2.75, 3.05) is 48.5 Å². The van der Waals surface area contributed by atoms with E-state index in [1.807, 2.05) is 0 Å². The highest BCUT2D eigenvalue weighted by molar-refractivity contribution is 8.03. The molecule has 0 bridgehead atoms. The number of amides is 1. The van der Waals surface area contributed by atoms with Crippen LogP contribution in [0.15, 0.2) is 18.2 Å². The molecule has 7 heteroatoms. The number of nitrogens with zero attached hydrogens (tertiary/aromatic N) is 1. The molecule has 0 saturated carbocycles. The molecule has 1 amide bonds. The summed E-state index contributed by atoms with van der Waals surface area (Å²) in [6.07, 6.45) is 3.97. The monoisotopic (exact) mass is 428 g/mol. The number of methoxy groups -OCH3 is 1. The first kappa shape index (κ1) is 21.2. The van der Waals surface area contributed by atoms with E-state index in [9.17, 15) is 4.79 Å². The van der Waals surface area contributed by atoms with Crippen molar-refractivity contribution in [2.45, 2.75) is 31.7 Å². The maximum atomic E-state index is 12.4. The number of anilines is 1. The first-order valence-corrected chi connectivity index (χ1v) is 12.4. The summed E-state index contributed by atoms with van der Waals surface area (Å²) in [5.74, 6) is 6.37. The molecule has 150 valence electrons. The minimum absolute atomic E-state index is 0.0354. The van der Waals surface area contributed by atoms with Gasteiger partial charge in [-0.15, -0.1) is 0 Å². The number of nitrogens with one attached hydrogen (secondary N) is 1. The molecule has 1 aromatic carbocycles. The van der Waals surface area contributed by atoms with E-state index in [1.54, 1.807) is 25.3 Å². The van der Waals surface area contributed by atoms with E-state index in [-0.39, 0.29) is 5.91 Å². The summed E-state index contributed by atoms with van der Waals surface area (Å²) in [6.45, 7) is 2.35. The molecule has 0 spiro atoms. The topological polar surface area (TPSA) is 41.6 Å². The Bertz CT molecular complexity index is 624. The van der Waals surface area contributed by atoms with Crippen LogP contribution in [0.5, 0.6) is 5.75 Å². The molecule has 2 aliphatic rings. The van der Waals surface area contributed by atoms with Crippen molar-refractivity contribution >= 4 is 46.7 Å². The Morgan fingerprint density at radius 1 is 1.33 bits per heavy atom. The molecule has 1 atom stereocenters. The van der Waals surface area contributed by atoms with Crippen molar-refractivity contribution < 1.29 is 9.53 Å². The van der Waals surface area contributed by atoms with Crippen molar-refractivity contribution in [3.8, 4) is 5.75 Å². The van der Waals surface area contributed by atoms with Crippen LogP contribution in [0.4, 0.5) is 5.69 Å². The fourth-order valence-electron chi connectivity index (χ4n) is 3.81. The molecule has 4 nitrogen and oxygen atoms in total. The number of hydrogen-bond donors (Lipinski definition) is 1. The van der Waals surface area contributed by atoms with E-state index in [0.29, 0.717) is 34.8 Å². The van der Waals surface area contributed by atoms with E-state index in [4.69, 9.17) is 16.3 Å². The molecular formula is C20H29ClN2O2S2. The number of benzene rings is 1. The Labute approximate surface area is 176 Å². The minimum Gasteiger partial charge on any atom is -0.495 e. The number of carbonyl (C=O) groups excluding carboxylic acids is 1. The summed E-state index contributed by atoms with van der Waals surface area (Å²) in [6, 6.07) is 5.98. The van der Waals surface area contributed by atoms with Crippen LogP contribution in [0.2, 0.25) is 5.02 Å². The van der Waals surface area contributed by atoms with Crippen molar-refractivity contribution in [2.24, 2.45) is 5.92 Å². The van der Waals surface area contributed by atoms with Gasteiger partial charge in [-0.2, -0.15) is 23.5 Å². The van der Waals surface area contributed by atoms with Crippen LogP contribution in [0.3, 0.4) is 0 Å². The van der Waals surface area contributed by atoms with E-state index in [2.05, 4.69) is 33.7 Å². The molecule has 27 heavy (non-hydrogen) atoms. The molecule has 2 saturated heterocycles. The molecule has 1 aromatic rings. The normalized spacial score (nSPS) is 22.2. The van der Waals surface area contributed by atoms with Crippen LogP contribution in [-0.4, -0.2) is 60.1 Å². The zero-order valence-electron chi connectivity index (χ0n) is 15.9. The Balaban J connectivity index is 1.47. The molecule has 1 N–H and O–H groups in total. The summed E-state index contributed by atoms with van der Waals surface area (Å²) in [7, 11) is 1.60. The van der Waals surface area contributed by atoms with Gasteiger partial charge in [-0.05, 0) is 49.9 Å². The van der Waals surface area contributed by atoms with Gasteiger partial charge >= 0.3 is 0 Å². The number of rotatable bonds is 6. The highest BCUT2D eigenvalue weighted by Gasteiger charge is 2.27. The van der Waals surface area contributed by atoms with E-state index < -0.39 is 0 Å². The zero-order chi connectivity index (χ0) is 19.1. The average molecular weight is 429 g/mol. The molecule has 2 aliphatic heterocycles. The number of halogens is 1. The molecule has 2 heterocycles. The third-order valence-corrected chi connectivity index (χ3v) is 7.99. The molecule has 2 fully saturated rings. The van der Waals surface area contributed by atoms with Crippen molar-refractivity contribution in [3.05, 3.63) is 23.2 Å². The highest BCUT2D eigenvalue weighted by atomic mass is 35.5. The molecule has 0 unspecified atom stereocenters. The lowest BCUT2D eigenvalue weighted by Gasteiger charge is -2.37. The lowest BCUT2D eigenvalue weighted by molar-refractivity contribution is -0.116. The lowest BCUT2D eigenvalue weighted by Crippen LogP contribution is -2.45. The van der Waals surface area contributed by atoms with Gasteiger partial charge in [0, 0.05) is 47.0 Å². The van der Waals surface area contributed by atoms with Gasteiger partial charge in [-0.25, -0.2) is 0 Å². The van der Waals surface area contributed by atoms with Gasteiger partial charge in [0.15, 0.2) is 0 Å². The van der Waals surface area contributed by atoms with Crippen LogP contribution in [0.1, 0.15) is 25.7 Å². The Morgan fingerprint density at radius 2 is 2.11 bits per heavy atom. The second kappa shape index (κ2) is 10.8. The average Bonchev–Trinajstić information content (AvgIpc) is 2.96. The number of likely N-dealkylation sites (tertiary alicyclic amines) is 1. The van der Waals surface area contributed by atoms with Crippen molar-refractivity contribution in [3.63, 3.8) is 0 Å². The third kappa shape index (κ3) is 6.48. The van der Waals surface area contributed by atoms with Crippen LogP contribution in [-0.2, 0) is 4.79 Å². The van der Waals surface area contributed by atoms with Gasteiger partial charge in [0.25, 0.3) is 0 Å². The molecule has 3 rings (SSSR count). The molecule has 0 aliphatic carbocycles. The SMILES string of the molecule is COc1ccc(Cl)cc1NC(=O)CC[C@@H]1CCCN(C2CSCCSC2)C1. The largest absolute Gasteiger partial charge is 0.495 e. The van der Waals surface area contributed by atoms with E-state index >= 15 is 0 Å². The summed E-state index contributed by atoms with van der Waals surface area (Å²) >= 11 is 10.2. The van der Waals surface area contributed by atoms with Crippen LogP contribution in [0.25, 0.3) is 0 Å². The summed E-state index contributed by atoms with van der Waals surface area (Å²) in [5.41, 5.74) is 0.646. The second-order valence-electron chi connectivity index (χ2n) is 7.24. The van der Waals surface area contributed by atoms with Crippen molar-refractivity contribution in [1.29, 1.82) is 0 Å². The predicted octanol–water partition coefficient (Wildman–Crippen LogP) is 4.63. The van der Waals surface area contributed by atoms with Gasteiger partial charge in [-0.1, -0.05) is 11.6 Å². The first-order valence-electron chi connectivity index (χ1n) is 9.68. The van der Waals surface area contributed by atoms with Gasteiger partial charge in [0.1, 0.15) is 5.75 Å². The smallest absolute Gasteiger partial charge is 0.224 e. The molecule has 0 radical (unpaired) electrons. The maximum absolute atomic E-state index is 12.4. The van der Waals surface area contributed by atoms with Crippen LogP contribution in [0, 0.1) is 5.92 Å². The minimum atomic E-state index is 0.0354. The van der Waals surface area contributed by atoms with Gasteiger partial charge in [-0.3, -0.25) is 9.69 Å². The predicted molar refractivity (Wildman–Crippen MR) is 119 cm³/mol. The standard InChI is InChI=1S/C20H29ClN2O2S2/c1-25-19-6-5-16(21)11-18(19)22-20(24)7-4-15-3-2-8-23(12-15)17-13-26-9-10-27-14-17/h5-6,11,15,17H,2-4,7-10,12-14H2,1H3,(H,22,24)/t15-/m0/s1. The number of ether oxygens (including phenoxy) is 1. The van der Waals surface area contributed by atoms with E-state index in [0.717, 1.165) is 13.0 Å². The van der Waals surface area contributed by atoms with Gasteiger partial charge < -0.3 is 10.1 Å². The van der Waals surface area contributed by atoms with Gasteiger partial charge in [0.2, 0.25) is 5.91 Å². The molecule has 0 aromatic heterocycles. The summed E-state index contributed by atoms with van der Waals surface area (Å²) in [5, 5.41) is 3.55. The Kier molecular flexibility index (Phi) is 8.49. The number of hydrogen-bond acceptors (Lipinski definition) is 5. The third-order valence-electron chi connectivity index (χ3n) is 5.27. The first-order chi connectivity index (χ1) is 13.2. The van der Waals surface area contributed by atoms with Crippen molar-refractivity contribution in [1.82, 2.24) is 4.90 Å². The Hall–Kier alpha value is -0.560. The number of thioether (sulfide) groups is 2. The van der Waals surface area contributed by atoms with Gasteiger partial charge in [0.05, 0.1) is 12.8 Å². The number of carbonyl (C=O) groups is 1. The second-order valence-corrected chi connectivity index (χ2v) is 9.97. The quantitative estimate of drug-likeness (QED) is 0.715. The fraction of sp³-hybridized carbons (Fsp3) is 0.650. The molecular weight excluding hydrogens is 400 g/mol. The Morgan fingerprint density at radius 3 is 2.85 bits per heavy atom. The zero-order valence-corrected chi connectivity index (χ0v) is 18.3. The van der Waals surface area contributed by atoms with E-state index in [1.165, 1.54) is 42.4 Å². The maximum Gasteiger partial charge on any atom is 0.224 e. The summed E-state index contributed by atoms with van der Waals surface area (Å²) in [4.78, 5) is 15.1. The summed E-state index contributed by atoms with van der Waals surface area (Å²) < 4.78 is 5.30.